The fourth-order valence-corrected chi connectivity index (χ4v) is 4.23. The third-order valence-electron chi connectivity index (χ3n) is 4.82. The van der Waals surface area contributed by atoms with Crippen LogP contribution in [0.5, 0.6) is 0 Å². The Hall–Kier alpha value is -1.77. The molecule has 1 saturated heterocycles. The number of carbonyl (C=O) groups is 1. The largest absolute Gasteiger partial charge is 0.466 e. The molecule has 1 aliphatic heterocycles. The van der Waals surface area contributed by atoms with Crippen LogP contribution in [0.1, 0.15) is 30.9 Å². The first kappa shape index (κ1) is 20.0. The summed E-state index contributed by atoms with van der Waals surface area (Å²) in [5, 5.41) is 8.74. The van der Waals surface area contributed by atoms with E-state index in [4.69, 9.17) is 17.0 Å². The van der Waals surface area contributed by atoms with Gasteiger partial charge in [-0.15, -0.1) is 5.10 Å². The Labute approximate surface area is 169 Å². The van der Waals surface area contributed by atoms with Crippen LogP contribution in [0.2, 0.25) is 0 Å². The molecule has 1 N–H and O–H groups in total. The van der Waals surface area contributed by atoms with Crippen LogP contribution in [0.25, 0.3) is 0 Å². The van der Waals surface area contributed by atoms with E-state index < -0.39 is 0 Å². The van der Waals surface area contributed by atoms with Crippen molar-refractivity contribution >= 4 is 40.3 Å². The molecule has 8 heteroatoms. The van der Waals surface area contributed by atoms with E-state index >= 15 is 0 Å². The standard InChI is InChI=1S/C19H26N4O2S2/c1-4-25-17(24)15-6-5-9-22(11-15)12-23-19(26)27-18(21-23)20-16-8-7-13(2)14(3)10-16/h7-8,10,15H,4-6,9,11-12H2,1-3H3,(H,20,21)/t15-/m1/s1. The molecule has 6 nitrogen and oxygen atoms in total. The maximum absolute atomic E-state index is 12.0. The summed E-state index contributed by atoms with van der Waals surface area (Å²) in [6.45, 7) is 8.70. The van der Waals surface area contributed by atoms with Crippen molar-refractivity contribution in [2.24, 2.45) is 5.92 Å². The maximum atomic E-state index is 12.0. The molecule has 0 amide bonds. The van der Waals surface area contributed by atoms with E-state index in [0.717, 1.165) is 34.2 Å². The van der Waals surface area contributed by atoms with E-state index in [9.17, 15) is 4.79 Å². The van der Waals surface area contributed by atoms with Gasteiger partial charge in [-0.2, -0.15) is 0 Å². The predicted octanol–water partition coefficient (Wildman–Crippen LogP) is 4.27. The van der Waals surface area contributed by atoms with Gasteiger partial charge in [0.2, 0.25) is 5.13 Å². The summed E-state index contributed by atoms with van der Waals surface area (Å²) in [4.78, 5) is 14.2. The summed E-state index contributed by atoms with van der Waals surface area (Å²) in [5.41, 5.74) is 3.51. The molecule has 0 bridgehead atoms. The number of piperidine rings is 1. The lowest BCUT2D eigenvalue weighted by Gasteiger charge is -2.31. The van der Waals surface area contributed by atoms with Crippen LogP contribution >= 0.6 is 23.6 Å². The van der Waals surface area contributed by atoms with Crippen molar-refractivity contribution in [2.45, 2.75) is 40.3 Å². The molecule has 0 aliphatic carbocycles. The summed E-state index contributed by atoms with van der Waals surface area (Å²) >= 11 is 6.95. The van der Waals surface area contributed by atoms with Gasteiger partial charge in [0.1, 0.15) is 0 Å². The molecule has 1 aromatic carbocycles. The lowest BCUT2D eigenvalue weighted by Crippen LogP contribution is -2.40. The normalized spacial score (nSPS) is 17.7. The van der Waals surface area contributed by atoms with Gasteiger partial charge in [-0.3, -0.25) is 9.69 Å². The molecule has 146 valence electrons. The van der Waals surface area contributed by atoms with Crippen molar-refractivity contribution in [1.29, 1.82) is 0 Å². The second kappa shape index (κ2) is 8.95. The topological polar surface area (TPSA) is 59.4 Å². The second-order valence-electron chi connectivity index (χ2n) is 6.91. The van der Waals surface area contributed by atoms with Gasteiger partial charge < -0.3 is 10.1 Å². The fourth-order valence-electron chi connectivity index (χ4n) is 3.21. The zero-order valence-electron chi connectivity index (χ0n) is 16.0. The molecule has 0 unspecified atom stereocenters. The van der Waals surface area contributed by atoms with E-state index in [1.54, 1.807) is 0 Å². The number of nitrogens with one attached hydrogen (secondary N) is 1. The summed E-state index contributed by atoms with van der Waals surface area (Å²) < 4.78 is 7.73. The number of ether oxygens (including phenoxy) is 1. The van der Waals surface area contributed by atoms with Gasteiger partial charge in [0, 0.05) is 12.2 Å². The van der Waals surface area contributed by atoms with Gasteiger partial charge in [0.25, 0.3) is 0 Å². The number of esters is 1. The zero-order valence-corrected chi connectivity index (χ0v) is 17.7. The van der Waals surface area contributed by atoms with E-state index in [1.807, 2.05) is 17.7 Å². The molecule has 3 rings (SSSR count). The summed E-state index contributed by atoms with van der Waals surface area (Å²) in [6, 6.07) is 6.25. The molecule has 0 spiro atoms. The second-order valence-corrected chi connectivity index (χ2v) is 8.53. The van der Waals surface area contributed by atoms with E-state index in [1.165, 1.54) is 22.5 Å². The molecule has 2 heterocycles. The van der Waals surface area contributed by atoms with Crippen LogP contribution in [0.15, 0.2) is 18.2 Å². The highest BCUT2D eigenvalue weighted by atomic mass is 32.1. The molecular formula is C19H26N4O2S2. The lowest BCUT2D eigenvalue weighted by atomic mass is 9.99. The Morgan fingerprint density at radius 2 is 2.22 bits per heavy atom. The minimum Gasteiger partial charge on any atom is -0.466 e. The van der Waals surface area contributed by atoms with Crippen molar-refractivity contribution in [1.82, 2.24) is 14.7 Å². The maximum Gasteiger partial charge on any atom is 0.310 e. The molecule has 27 heavy (non-hydrogen) atoms. The average molecular weight is 407 g/mol. The number of hydrogen-bond acceptors (Lipinski definition) is 7. The summed E-state index contributed by atoms with van der Waals surface area (Å²) in [5.74, 6) is -0.152. The van der Waals surface area contributed by atoms with Crippen LogP contribution in [0.4, 0.5) is 10.8 Å². The van der Waals surface area contributed by atoms with E-state index in [-0.39, 0.29) is 11.9 Å². The van der Waals surface area contributed by atoms with Gasteiger partial charge in [0.05, 0.1) is 19.2 Å². The number of aryl methyl sites for hydroxylation is 2. The first-order valence-electron chi connectivity index (χ1n) is 9.27. The molecule has 2 aromatic rings. The number of benzene rings is 1. The van der Waals surface area contributed by atoms with Crippen molar-refractivity contribution in [3.05, 3.63) is 33.3 Å². The van der Waals surface area contributed by atoms with Crippen LogP contribution in [0.3, 0.4) is 0 Å². The number of hydrogen-bond donors (Lipinski definition) is 1. The number of likely N-dealkylation sites (tertiary alicyclic amines) is 1. The smallest absolute Gasteiger partial charge is 0.310 e. The predicted molar refractivity (Wildman–Crippen MR) is 111 cm³/mol. The van der Waals surface area contributed by atoms with Crippen LogP contribution < -0.4 is 5.32 Å². The monoisotopic (exact) mass is 406 g/mol. The highest BCUT2D eigenvalue weighted by Crippen LogP contribution is 2.23. The van der Waals surface area contributed by atoms with Crippen molar-refractivity contribution in [3.63, 3.8) is 0 Å². The molecule has 1 atom stereocenters. The first-order valence-corrected chi connectivity index (χ1v) is 10.5. The third-order valence-corrected chi connectivity index (χ3v) is 6.05. The van der Waals surface area contributed by atoms with Gasteiger partial charge in [-0.1, -0.05) is 17.4 Å². The first-order chi connectivity index (χ1) is 13.0. The Balaban J connectivity index is 1.65. The summed E-state index contributed by atoms with van der Waals surface area (Å²) in [7, 11) is 0. The van der Waals surface area contributed by atoms with Gasteiger partial charge in [-0.05, 0) is 75.6 Å². The fraction of sp³-hybridized carbons (Fsp3) is 0.526. The SMILES string of the molecule is CCOC(=O)[C@@H]1CCCN(Cn2nc(Nc3ccc(C)c(C)c3)sc2=S)C1. The van der Waals surface area contributed by atoms with E-state index in [0.29, 0.717) is 19.8 Å². The van der Waals surface area contributed by atoms with Crippen molar-refractivity contribution < 1.29 is 9.53 Å². The highest BCUT2D eigenvalue weighted by molar-refractivity contribution is 7.73. The zero-order chi connectivity index (χ0) is 19.4. The number of rotatable bonds is 6. The minimum absolute atomic E-state index is 0.0559. The number of aromatic nitrogens is 2. The van der Waals surface area contributed by atoms with Gasteiger partial charge in [0.15, 0.2) is 3.95 Å². The van der Waals surface area contributed by atoms with Crippen LogP contribution in [-0.4, -0.2) is 40.3 Å². The van der Waals surface area contributed by atoms with Crippen molar-refractivity contribution in [3.8, 4) is 0 Å². The molecule has 1 aliphatic rings. The van der Waals surface area contributed by atoms with Crippen LogP contribution in [-0.2, 0) is 16.2 Å². The third kappa shape index (κ3) is 5.15. The number of carbonyl (C=O) groups excluding carboxylic acids is 1. The summed E-state index contributed by atoms with van der Waals surface area (Å²) in [6.07, 6.45) is 1.87. The molecule has 1 aromatic heterocycles. The average Bonchev–Trinajstić information content (AvgIpc) is 2.97. The Bertz CT molecular complexity index is 862. The molecular weight excluding hydrogens is 380 g/mol. The molecule has 1 fully saturated rings. The van der Waals surface area contributed by atoms with E-state index in [2.05, 4.69) is 41.3 Å². The van der Waals surface area contributed by atoms with Crippen molar-refractivity contribution in [2.75, 3.05) is 25.0 Å². The van der Waals surface area contributed by atoms with Gasteiger partial charge >= 0.3 is 5.97 Å². The number of nitrogens with zero attached hydrogens (tertiary/aromatic N) is 3. The Kier molecular flexibility index (Phi) is 6.62. The quantitative estimate of drug-likeness (QED) is 0.571. The lowest BCUT2D eigenvalue weighted by molar-refractivity contribution is -0.150. The number of anilines is 2. The van der Waals surface area contributed by atoms with Crippen LogP contribution in [0, 0.1) is 23.7 Å². The Morgan fingerprint density at radius 3 is 2.96 bits per heavy atom. The Morgan fingerprint density at radius 1 is 1.41 bits per heavy atom. The highest BCUT2D eigenvalue weighted by Gasteiger charge is 2.27. The minimum atomic E-state index is -0.0961. The molecule has 0 radical (unpaired) electrons. The molecule has 0 saturated carbocycles. The van der Waals surface area contributed by atoms with Gasteiger partial charge in [-0.25, -0.2) is 4.68 Å².